The highest BCUT2D eigenvalue weighted by molar-refractivity contribution is 6.14. The minimum absolute atomic E-state index is 0.0924. The number of Topliss-reactive ketones (excluding diaryl/α,β-unsaturated/α-hetero) is 1. The molecule has 24 heavy (non-hydrogen) atoms. The second-order valence-corrected chi connectivity index (χ2v) is 5.96. The van der Waals surface area contributed by atoms with E-state index in [9.17, 15) is 9.90 Å². The highest BCUT2D eigenvalue weighted by atomic mass is 16.5. The van der Waals surface area contributed by atoms with Crippen LogP contribution in [0, 0.1) is 0 Å². The maximum atomic E-state index is 12.8. The number of hydrogen-bond donors (Lipinski definition) is 2. The molecule has 1 aliphatic heterocycles. The van der Waals surface area contributed by atoms with E-state index in [4.69, 9.17) is 4.74 Å². The molecule has 0 aliphatic carbocycles. The number of carbonyl (C=O) groups is 1. The molecule has 0 radical (unpaired) electrons. The zero-order valence-corrected chi connectivity index (χ0v) is 13.2. The van der Waals surface area contributed by atoms with E-state index in [0.717, 1.165) is 27.6 Å². The summed E-state index contributed by atoms with van der Waals surface area (Å²) in [7, 11) is 1.51. The Balaban J connectivity index is 1.77. The lowest BCUT2D eigenvalue weighted by atomic mass is 9.89. The number of methoxy groups -OCH3 is 1. The van der Waals surface area contributed by atoms with Gasteiger partial charge in [0.1, 0.15) is 0 Å². The third-order valence-corrected chi connectivity index (χ3v) is 4.53. The van der Waals surface area contributed by atoms with Gasteiger partial charge < -0.3 is 15.2 Å². The number of ether oxygens (including phenoxy) is 1. The highest BCUT2D eigenvalue weighted by Crippen LogP contribution is 2.38. The summed E-state index contributed by atoms with van der Waals surface area (Å²) < 4.78 is 5.17. The second-order valence-electron chi connectivity index (χ2n) is 5.96. The number of rotatable bonds is 2. The first-order valence-electron chi connectivity index (χ1n) is 7.86. The molecule has 3 aromatic rings. The van der Waals surface area contributed by atoms with Crippen LogP contribution in [0.1, 0.15) is 28.4 Å². The summed E-state index contributed by atoms with van der Waals surface area (Å²) in [5.74, 6) is 0.624. The van der Waals surface area contributed by atoms with Crippen molar-refractivity contribution in [2.45, 2.75) is 12.5 Å². The van der Waals surface area contributed by atoms with Crippen LogP contribution in [-0.2, 0) is 0 Å². The molecule has 0 fully saturated rings. The van der Waals surface area contributed by atoms with Gasteiger partial charge in [0.05, 0.1) is 13.2 Å². The number of phenols is 1. The molecule has 0 bridgehead atoms. The molecular formula is C20H17NO3. The van der Waals surface area contributed by atoms with E-state index in [1.54, 1.807) is 12.1 Å². The van der Waals surface area contributed by atoms with Crippen LogP contribution in [-0.4, -0.2) is 18.0 Å². The fourth-order valence-electron chi connectivity index (χ4n) is 3.33. The molecule has 4 rings (SSSR count). The van der Waals surface area contributed by atoms with Crippen LogP contribution in [0.2, 0.25) is 0 Å². The number of nitrogens with one attached hydrogen (secondary N) is 1. The van der Waals surface area contributed by atoms with E-state index in [-0.39, 0.29) is 17.6 Å². The SMILES string of the molecule is COc1cc([C@@H]2CC(=O)c3c(ccc4ccccc34)N2)ccc1O. The largest absolute Gasteiger partial charge is 0.504 e. The average molecular weight is 319 g/mol. The molecule has 0 amide bonds. The van der Waals surface area contributed by atoms with Crippen molar-refractivity contribution < 1.29 is 14.6 Å². The van der Waals surface area contributed by atoms with E-state index in [2.05, 4.69) is 5.32 Å². The number of hydrogen-bond acceptors (Lipinski definition) is 4. The normalized spacial score (nSPS) is 16.5. The van der Waals surface area contributed by atoms with Crippen molar-refractivity contribution in [1.29, 1.82) is 0 Å². The molecule has 3 aromatic carbocycles. The van der Waals surface area contributed by atoms with E-state index in [1.807, 2.05) is 42.5 Å². The van der Waals surface area contributed by atoms with Gasteiger partial charge in [-0.15, -0.1) is 0 Å². The lowest BCUT2D eigenvalue weighted by molar-refractivity contribution is 0.0974. The van der Waals surface area contributed by atoms with Crippen molar-refractivity contribution in [2.75, 3.05) is 12.4 Å². The van der Waals surface area contributed by atoms with Crippen LogP contribution in [0.5, 0.6) is 11.5 Å². The van der Waals surface area contributed by atoms with Crippen LogP contribution in [0.3, 0.4) is 0 Å². The van der Waals surface area contributed by atoms with E-state index in [0.29, 0.717) is 12.2 Å². The predicted octanol–water partition coefficient (Wildman–Crippen LogP) is 4.29. The first kappa shape index (κ1) is 14.6. The zero-order valence-electron chi connectivity index (χ0n) is 13.2. The number of carbonyl (C=O) groups excluding carboxylic acids is 1. The molecule has 0 unspecified atom stereocenters. The summed E-state index contributed by atoms with van der Waals surface area (Å²) in [6, 6.07) is 16.9. The Labute approximate surface area is 139 Å². The Morgan fingerprint density at radius 3 is 2.79 bits per heavy atom. The van der Waals surface area contributed by atoms with Crippen LogP contribution in [0.25, 0.3) is 10.8 Å². The molecule has 0 saturated carbocycles. The smallest absolute Gasteiger partial charge is 0.167 e. The van der Waals surface area contributed by atoms with Crippen LogP contribution >= 0.6 is 0 Å². The van der Waals surface area contributed by atoms with Gasteiger partial charge in [0, 0.05) is 17.7 Å². The summed E-state index contributed by atoms with van der Waals surface area (Å²) in [4.78, 5) is 12.8. The second kappa shape index (κ2) is 5.57. The average Bonchev–Trinajstić information content (AvgIpc) is 2.61. The van der Waals surface area contributed by atoms with Gasteiger partial charge in [-0.1, -0.05) is 36.4 Å². The monoisotopic (exact) mass is 319 g/mol. The number of ketones is 1. The Kier molecular flexibility index (Phi) is 3.38. The molecule has 4 nitrogen and oxygen atoms in total. The number of benzene rings is 3. The van der Waals surface area contributed by atoms with E-state index in [1.165, 1.54) is 7.11 Å². The maximum absolute atomic E-state index is 12.8. The molecular weight excluding hydrogens is 302 g/mol. The van der Waals surface area contributed by atoms with Gasteiger partial charge in [0.2, 0.25) is 0 Å². The summed E-state index contributed by atoms with van der Waals surface area (Å²) in [5.41, 5.74) is 2.52. The topological polar surface area (TPSA) is 58.6 Å². The number of phenolic OH excluding ortho intramolecular Hbond substituents is 1. The summed E-state index contributed by atoms with van der Waals surface area (Å²) >= 11 is 0. The van der Waals surface area contributed by atoms with Gasteiger partial charge in [-0.05, 0) is 34.5 Å². The third kappa shape index (κ3) is 2.27. The fraction of sp³-hybridized carbons (Fsp3) is 0.150. The van der Waals surface area contributed by atoms with E-state index >= 15 is 0 Å². The fourth-order valence-corrected chi connectivity index (χ4v) is 3.33. The highest BCUT2D eigenvalue weighted by Gasteiger charge is 2.27. The Morgan fingerprint density at radius 1 is 1.12 bits per heavy atom. The summed E-state index contributed by atoms with van der Waals surface area (Å²) in [6.45, 7) is 0. The molecule has 120 valence electrons. The minimum Gasteiger partial charge on any atom is -0.504 e. The van der Waals surface area contributed by atoms with Gasteiger partial charge in [-0.25, -0.2) is 0 Å². The standard InChI is InChI=1S/C20H17NO3/c1-24-19-10-13(7-9-17(19)22)16-11-18(23)20-14-5-3-2-4-12(14)6-8-15(20)21-16/h2-10,16,21-22H,11H2,1H3/t16-/m0/s1. The molecule has 1 aliphatic rings. The van der Waals surface area contributed by atoms with Crippen molar-refractivity contribution in [2.24, 2.45) is 0 Å². The van der Waals surface area contributed by atoms with Crippen LogP contribution < -0.4 is 10.1 Å². The van der Waals surface area contributed by atoms with Gasteiger partial charge in [0.25, 0.3) is 0 Å². The molecule has 1 heterocycles. The van der Waals surface area contributed by atoms with Crippen LogP contribution in [0.4, 0.5) is 5.69 Å². The van der Waals surface area contributed by atoms with Gasteiger partial charge in [-0.2, -0.15) is 0 Å². The quantitative estimate of drug-likeness (QED) is 0.739. The molecule has 0 aromatic heterocycles. The minimum atomic E-state index is -0.138. The Bertz CT molecular complexity index is 949. The molecule has 0 saturated heterocycles. The van der Waals surface area contributed by atoms with E-state index < -0.39 is 0 Å². The van der Waals surface area contributed by atoms with Crippen molar-refractivity contribution in [1.82, 2.24) is 0 Å². The zero-order chi connectivity index (χ0) is 16.7. The van der Waals surface area contributed by atoms with Crippen molar-refractivity contribution >= 4 is 22.2 Å². The van der Waals surface area contributed by atoms with Gasteiger partial charge in [-0.3, -0.25) is 4.79 Å². The summed E-state index contributed by atoms with van der Waals surface area (Å²) in [6.07, 6.45) is 0.370. The maximum Gasteiger partial charge on any atom is 0.167 e. The van der Waals surface area contributed by atoms with Gasteiger partial charge >= 0.3 is 0 Å². The number of anilines is 1. The first-order valence-corrected chi connectivity index (χ1v) is 7.86. The number of aromatic hydroxyl groups is 1. The predicted molar refractivity (Wildman–Crippen MR) is 93.9 cm³/mol. The van der Waals surface area contributed by atoms with Gasteiger partial charge in [0.15, 0.2) is 17.3 Å². The van der Waals surface area contributed by atoms with Crippen molar-refractivity contribution in [3.8, 4) is 11.5 Å². The Hall–Kier alpha value is -3.01. The lowest BCUT2D eigenvalue weighted by Crippen LogP contribution is -2.23. The van der Waals surface area contributed by atoms with Crippen molar-refractivity contribution in [3.63, 3.8) is 0 Å². The van der Waals surface area contributed by atoms with Crippen LogP contribution in [0.15, 0.2) is 54.6 Å². The first-order chi connectivity index (χ1) is 11.7. The Morgan fingerprint density at radius 2 is 1.96 bits per heavy atom. The molecule has 4 heteroatoms. The van der Waals surface area contributed by atoms with Crippen molar-refractivity contribution in [3.05, 3.63) is 65.7 Å². The molecule has 2 N–H and O–H groups in total. The third-order valence-electron chi connectivity index (χ3n) is 4.53. The molecule has 1 atom stereocenters. The lowest BCUT2D eigenvalue weighted by Gasteiger charge is -2.27. The summed E-state index contributed by atoms with van der Waals surface area (Å²) in [5, 5.41) is 15.2. The number of fused-ring (bicyclic) bond motifs is 3. The molecule has 0 spiro atoms.